The monoisotopic (exact) mass is 286 g/mol. The molecule has 0 spiro atoms. The summed E-state index contributed by atoms with van der Waals surface area (Å²) in [6.45, 7) is 2.74. The van der Waals surface area contributed by atoms with Crippen LogP contribution in [0.5, 0.6) is 11.5 Å². The van der Waals surface area contributed by atoms with Gasteiger partial charge < -0.3 is 18.9 Å². The first kappa shape index (κ1) is 13.7. The predicted molar refractivity (Wildman–Crippen MR) is 66.4 cm³/mol. The highest BCUT2D eigenvalue weighted by Crippen LogP contribution is 2.37. The number of esters is 2. The van der Waals surface area contributed by atoms with Gasteiger partial charge >= 0.3 is 11.9 Å². The summed E-state index contributed by atoms with van der Waals surface area (Å²) in [6, 6.07) is 0. The van der Waals surface area contributed by atoms with Gasteiger partial charge in [0.05, 0.1) is 0 Å². The van der Waals surface area contributed by atoms with Crippen molar-refractivity contribution in [2.24, 2.45) is 0 Å². The molecule has 2 rings (SSSR count). The smallest absolute Gasteiger partial charge is 0.302 e. The van der Waals surface area contributed by atoms with Crippen LogP contribution >= 0.6 is 11.3 Å². The third-order valence-corrected chi connectivity index (χ3v) is 3.17. The van der Waals surface area contributed by atoms with Crippen LogP contribution in [0.2, 0.25) is 0 Å². The predicted octanol–water partition coefficient (Wildman–Crippen LogP) is 1.38. The van der Waals surface area contributed by atoms with Crippen LogP contribution in [0.1, 0.15) is 13.8 Å². The Hall–Kier alpha value is -1.76. The molecular weight excluding hydrogens is 272 g/mol. The van der Waals surface area contributed by atoms with Crippen molar-refractivity contribution in [1.29, 1.82) is 0 Å². The van der Waals surface area contributed by atoms with Gasteiger partial charge in [-0.2, -0.15) is 0 Å². The van der Waals surface area contributed by atoms with E-state index in [-0.39, 0.29) is 13.2 Å². The first-order valence-electron chi connectivity index (χ1n) is 5.72. The van der Waals surface area contributed by atoms with Crippen LogP contribution < -0.4 is 9.47 Å². The molecule has 0 aliphatic carbocycles. The molecule has 2 atom stereocenters. The number of ether oxygens (including phenoxy) is 4. The Labute approximate surface area is 114 Å². The topological polar surface area (TPSA) is 71.1 Å². The first-order chi connectivity index (χ1) is 9.06. The van der Waals surface area contributed by atoms with Gasteiger partial charge in [-0.25, -0.2) is 0 Å². The van der Waals surface area contributed by atoms with E-state index >= 15 is 0 Å². The number of hydrogen-bond acceptors (Lipinski definition) is 7. The van der Waals surface area contributed by atoms with E-state index in [1.54, 1.807) is 10.8 Å². The number of fused-ring (bicyclic) bond motifs is 1. The molecule has 0 fully saturated rings. The van der Waals surface area contributed by atoms with Gasteiger partial charge in [-0.3, -0.25) is 9.59 Å². The highest BCUT2D eigenvalue weighted by Gasteiger charge is 2.34. The fourth-order valence-corrected chi connectivity index (χ4v) is 2.26. The SMILES string of the molecule is CC(=O)OCC1Oc2cscc2OC1COC(C)=O. The lowest BCUT2D eigenvalue weighted by Crippen LogP contribution is -2.46. The van der Waals surface area contributed by atoms with E-state index in [9.17, 15) is 9.59 Å². The maximum absolute atomic E-state index is 10.9. The Morgan fingerprint density at radius 3 is 1.84 bits per heavy atom. The zero-order valence-corrected chi connectivity index (χ0v) is 11.4. The Morgan fingerprint density at radius 2 is 1.47 bits per heavy atom. The Kier molecular flexibility index (Phi) is 4.26. The molecule has 1 aromatic heterocycles. The van der Waals surface area contributed by atoms with Crippen molar-refractivity contribution in [3.05, 3.63) is 10.8 Å². The summed E-state index contributed by atoms with van der Waals surface area (Å²) in [5, 5.41) is 3.61. The van der Waals surface area contributed by atoms with Crippen LogP contribution in [0, 0.1) is 0 Å². The van der Waals surface area contributed by atoms with E-state index in [1.807, 2.05) is 0 Å². The van der Waals surface area contributed by atoms with E-state index in [4.69, 9.17) is 18.9 Å². The summed E-state index contributed by atoms with van der Waals surface area (Å²) >= 11 is 1.44. The van der Waals surface area contributed by atoms with Crippen LogP contribution in [0.25, 0.3) is 0 Å². The highest BCUT2D eigenvalue weighted by atomic mass is 32.1. The molecule has 1 aromatic rings. The van der Waals surface area contributed by atoms with E-state index in [2.05, 4.69) is 0 Å². The third kappa shape index (κ3) is 3.60. The fourth-order valence-electron chi connectivity index (χ4n) is 1.61. The van der Waals surface area contributed by atoms with Gasteiger partial charge in [-0.15, -0.1) is 11.3 Å². The number of thiophene rings is 1. The van der Waals surface area contributed by atoms with Crippen molar-refractivity contribution in [3.8, 4) is 11.5 Å². The minimum absolute atomic E-state index is 0.0521. The van der Waals surface area contributed by atoms with Crippen LogP contribution in [0.4, 0.5) is 0 Å². The standard InChI is InChI=1S/C12H14O6S/c1-7(13)15-3-9-10(4-16-8(2)14)18-12-6-19-5-11(12)17-9/h5-6,9-10H,3-4H2,1-2H3. The second-order valence-corrected chi connectivity index (χ2v) is 4.76. The lowest BCUT2D eigenvalue weighted by Gasteiger charge is -2.31. The second kappa shape index (κ2) is 5.92. The van der Waals surface area contributed by atoms with Crippen LogP contribution in [0.15, 0.2) is 10.8 Å². The molecule has 19 heavy (non-hydrogen) atoms. The summed E-state index contributed by atoms with van der Waals surface area (Å²) in [5.74, 6) is 0.430. The Bertz CT molecular complexity index is 428. The molecule has 1 aliphatic rings. The normalized spacial score (nSPS) is 20.7. The zero-order chi connectivity index (χ0) is 13.8. The molecule has 7 heteroatoms. The average Bonchev–Trinajstić information content (AvgIpc) is 2.79. The highest BCUT2D eigenvalue weighted by molar-refractivity contribution is 7.08. The van der Waals surface area contributed by atoms with Gasteiger partial charge in [0.2, 0.25) is 0 Å². The molecule has 0 saturated heterocycles. The molecule has 0 N–H and O–H groups in total. The summed E-state index contributed by atoms with van der Waals surface area (Å²) in [7, 11) is 0. The number of hydrogen-bond donors (Lipinski definition) is 0. The van der Waals surface area contributed by atoms with Crippen LogP contribution in [0.3, 0.4) is 0 Å². The molecule has 0 saturated carbocycles. The summed E-state index contributed by atoms with van der Waals surface area (Å²) in [5.41, 5.74) is 0. The summed E-state index contributed by atoms with van der Waals surface area (Å²) < 4.78 is 21.2. The van der Waals surface area contributed by atoms with Crippen molar-refractivity contribution in [2.45, 2.75) is 26.1 Å². The van der Waals surface area contributed by atoms with Crippen LogP contribution in [-0.2, 0) is 19.1 Å². The zero-order valence-electron chi connectivity index (χ0n) is 10.6. The maximum Gasteiger partial charge on any atom is 0.302 e. The minimum Gasteiger partial charge on any atom is -0.478 e. The first-order valence-corrected chi connectivity index (χ1v) is 6.66. The maximum atomic E-state index is 10.9. The number of rotatable bonds is 4. The Balaban J connectivity index is 2.03. The van der Waals surface area contributed by atoms with Gasteiger partial charge in [0.25, 0.3) is 0 Å². The molecule has 2 unspecified atom stereocenters. The van der Waals surface area contributed by atoms with Gasteiger partial charge in [0.15, 0.2) is 23.7 Å². The number of carbonyl (C=O) groups excluding carboxylic acids is 2. The largest absolute Gasteiger partial charge is 0.478 e. The summed E-state index contributed by atoms with van der Waals surface area (Å²) in [4.78, 5) is 21.7. The lowest BCUT2D eigenvalue weighted by atomic mass is 10.2. The molecule has 2 heterocycles. The number of carbonyl (C=O) groups is 2. The van der Waals surface area contributed by atoms with E-state index < -0.39 is 24.1 Å². The van der Waals surface area contributed by atoms with Crippen molar-refractivity contribution < 1.29 is 28.5 Å². The molecule has 104 valence electrons. The van der Waals surface area contributed by atoms with E-state index in [1.165, 1.54) is 25.2 Å². The van der Waals surface area contributed by atoms with Crippen molar-refractivity contribution in [1.82, 2.24) is 0 Å². The second-order valence-electron chi connectivity index (χ2n) is 4.02. The molecule has 1 aliphatic heterocycles. The molecule has 0 bridgehead atoms. The molecule has 6 nitrogen and oxygen atoms in total. The van der Waals surface area contributed by atoms with Crippen LogP contribution in [-0.4, -0.2) is 37.4 Å². The van der Waals surface area contributed by atoms with Gasteiger partial charge in [-0.05, 0) is 0 Å². The molecule has 0 radical (unpaired) electrons. The quantitative estimate of drug-likeness (QED) is 0.779. The van der Waals surface area contributed by atoms with Gasteiger partial charge in [0.1, 0.15) is 13.2 Å². The van der Waals surface area contributed by atoms with Crippen molar-refractivity contribution in [2.75, 3.05) is 13.2 Å². The minimum atomic E-state index is -0.495. The lowest BCUT2D eigenvalue weighted by molar-refractivity contribution is -0.152. The third-order valence-electron chi connectivity index (χ3n) is 2.47. The molecular formula is C12H14O6S. The van der Waals surface area contributed by atoms with E-state index in [0.29, 0.717) is 11.5 Å². The van der Waals surface area contributed by atoms with Gasteiger partial charge in [-0.1, -0.05) is 0 Å². The van der Waals surface area contributed by atoms with Crippen molar-refractivity contribution in [3.63, 3.8) is 0 Å². The molecule has 0 aromatic carbocycles. The summed E-state index contributed by atoms with van der Waals surface area (Å²) in [6.07, 6.45) is -0.990. The fraction of sp³-hybridized carbons (Fsp3) is 0.500. The van der Waals surface area contributed by atoms with Crippen molar-refractivity contribution >= 4 is 23.3 Å². The molecule has 0 amide bonds. The Morgan fingerprint density at radius 1 is 1.05 bits per heavy atom. The van der Waals surface area contributed by atoms with E-state index in [0.717, 1.165) is 0 Å². The average molecular weight is 286 g/mol. The van der Waals surface area contributed by atoms with Gasteiger partial charge in [0, 0.05) is 24.6 Å².